The number of Topliss-reactive ketones (excluding diaryl/α,β-unsaturated/α-hetero) is 1. The Labute approximate surface area is 161 Å². The van der Waals surface area contributed by atoms with Crippen molar-refractivity contribution >= 4 is 29.2 Å². The lowest BCUT2D eigenvalue weighted by atomic mass is 10.1. The van der Waals surface area contributed by atoms with Crippen molar-refractivity contribution in [1.29, 1.82) is 0 Å². The molecule has 0 fully saturated rings. The predicted octanol–water partition coefficient (Wildman–Crippen LogP) is 5.25. The second-order valence-electron chi connectivity index (χ2n) is 5.69. The number of oxime groups is 1. The van der Waals surface area contributed by atoms with Gasteiger partial charge in [0.25, 0.3) is 0 Å². The maximum Gasteiger partial charge on any atom is 0.365 e. The van der Waals surface area contributed by atoms with E-state index in [2.05, 4.69) is 5.16 Å². The van der Waals surface area contributed by atoms with Crippen molar-refractivity contribution in [3.05, 3.63) is 96.1 Å². The van der Waals surface area contributed by atoms with Crippen molar-refractivity contribution < 1.29 is 14.4 Å². The molecule has 0 N–H and O–H groups in total. The van der Waals surface area contributed by atoms with Crippen LogP contribution in [-0.4, -0.2) is 17.5 Å². The normalized spacial score (nSPS) is 11.1. The minimum atomic E-state index is -0.600. The summed E-state index contributed by atoms with van der Waals surface area (Å²) < 4.78 is 0. The van der Waals surface area contributed by atoms with Gasteiger partial charge in [0, 0.05) is 15.4 Å². The van der Waals surface area contributed by atoms with Crippen LogP contribution in [0.1, 0.15) is 27.6 Å². The first kappa shape index (κ1) is 18.6. The third-order valence-electron chi connectivity index (χ3n) is 3.70. The molecule has 0 unspecified atom stereocenters. The Morgan fingerprint density at radius 2 is 1.30 bits per heavy atom. The van der Waals surface area contributed by atoms with Crippen molar-refractivity contribution in [3.63, 3.8) is 0 Å². The molecule has 3 aromatic rings. The maximum atomic E-state index is 12.4. The van der Waals surface area contributed by atoms with Crippen LogP contribution in [0.5, 0.6) is 0 Å². The van der Waals surface area contributed by atoms with Gasteiger partial charge in [-0.05, 0) is 55.5 Å². The molecule has 0 amide bonds. The third kappa shape index (κ3) is 5.15. The molecule has 3 rings (SSSR count). The fourth-order valence-corrected chi connectivity index (χ4v) is 3.12. The summed E-state index contributed by atoms with van der Waals surface area (Å²) in [4.78, 5) is 31.3. The molecule has 0 saturated carbocycles. The molecule has 0 aliphatic rings. The molecular formula is C22H17NO3S. The smallest absolute Gasteiger partial charge is 0.312 e. The monoisotopic (exact) mass is 375 g/mol. The van der Waals surface area contributed by atoms with Crippen LogP contribution in [-0.2, 0) is 4.84 Å². The molecule has 0 spiro atoms. The lowest BCUT2D eigenvalue weighted by Gasteiger charge is -2.04. The minimum Gasteiger partial charge on any atom is -0.312 e. The highest BCUT2D eigenvalue weighted by atomic mass is 32.2. The van der Waals surface area contributed by atoms with E-state index >= 15 is 0 Å². The molecule has 5 heteroatoms. The number of hydrogen-bond donors (Lipinski definition) is 0. The lowest BCUT2D eigenvalue weighted by Crippen LogP contribution is -2.12. The van der Waals surface area contributed by atoms with Gasteiger partial charge in [0.05, 0.1) is 5.56 Å². The zero-order valence-corrected chi connectivity index (χ0v) is 15.5. The van der Waals surface area contributed by atoms with Crippen LogP contribution in [0.3, 0.4) is 0 Å². The molecule has 3 aromatic carbocycles. The molecule has 27 heavy (non-hydrogen) atoms. The van der Waals surface area contributed by atoms with Gasteiger partial charge in [-0.3, -0.25) is 4.79 Å². The molecule has 0 radical (unpaired) electrons. The average molecular weight is 375 g/mol. The van der Waals surface area contributed by atoms with E-state index in [9.17, 15) is 9.59 Å². The molecule has 0 aliphatic carbocycles. The van der Waals surface area contributed by atoms with Crippen LogP contribution in [0.15, 0.2) is 99.9 Å². The van der Waals surface area contributed by atoms with Crippen LogP contribution < -0.4 is 0 Å². The van der Waals surface area contributed by atoms with Crippen LogP contribution in [0.4, 0.5) is 0 Å². The first-order chi connectivity index (χ1) is 13.1. The summed E-state index contributed by atoms with van der Waals surface area (Å²) in [6, 6.07) is 25.8. The van der Waals surface area contributed by atoms with Crippen LogP contribution in [0.2, 0.25) is 0 Å². The van der Waals surface area contributed by atoms with Crippen molar-refractivity contribution in [3.8, 4) is 0 Å². The summed E-state index contributed by atoms with van der Waals surface area (Å²) in [6.07, 6.45) is 0. The highest BCUT2D eigenvalue weighted by molar-refractivity contribution is 7.99. The summed E-state index contributed by atoms with van der Waals surface area (Å²) in [5, 5.41) is 3.68. The molecule has 0 saturated heterocycles. The second-order valence-corrected chi connectivity index (χ2v) is 6.84. The average Bonchev–Trinajstić information content (AvgIpc) is 2.73. The number of ketones is 1. The molecule has 0 aliphatic heterocycles. The predicted molar refractivity (Wildman–Crippen MR) is 106 cm³/mol. The summed E-state index contributed by atoms with van der Waals surface area (Å²) in [6.45, 7) is 1.52. The van der Waals surface area contributed by atoms with Gasteiger partial charge in [-0.1, -0.05) is 53.3 Å². The van der Waals surface area contributed by atoms with Gasteiger partial charge in [0.2, 0.25) is 5.78 Å². The Kier molecular flexibility index (Phi) is 6.18. The second kappa shape index (κ2) is 8.96. The first-order valence-electron chi connectivity index (χ1n) is 8.32. The quantitative estimate of drug-likeness (QED) is 0.255. The van der Waals surface area contributed by atoms with Crippen molar-refractivity contribution in [2.24, 2.45) is 5.16 Å². The first-order valence-corrected chi connectivity index (χ1v) is 9.14. The molecule has 0 heterocycles. The van der Waals surface area contributed by atoms with Gasteiger partial charge in [0.15, 0.2) is 0 Å². The molecule has 0 bridgehead atoms. The summed E-state index contributed by atoms with van der Waals surface area (Å²) in [5.74, 6) is -0.885. The van der Waals surface area contributed by atoms with Gasteiger partial charge in [-0.2, -0.15) is 0 Å². The van der Waals surface area contributed by atoms with E-state index < -0.39 is 5.97 Å². The number of rotatable bonds is 6. The van der Waals surface area contributed by atoms with Gasteiger partial charge >= 0.3 is 5.97 Å². The Balaban J connectivity index is 1.63. The fraction of sp³-hybridized carbons (Fsp3) is 0.0455. The van der Waals surface area contributed by atoms with E-state index in [1.165, 1.54) is 6.92 Å². The number of carbonyl (C=O) groups is 2. The molecular weight excluding hydrogens is 358 g/mol. The number of nitrogens with zero attached hydrogens (tertiary/aromatic N) is 1. The third-order valence-corrected chi connectivity index (χ3v) is 4.71. The van der Waals surface area contributed by atoms with E-state index in [4.69, 9.17) is 4.84 Å². The summed E-state index contributed by atoms with van der Waals surface area (Å²) in [7, 11) is 0. The zero-order chi connectivity index (χ0) is 19.1. The number of carbonyl (C=O) groups excluding carboxylic acids is 2. The largest absolute Gasteiger partial charge is 0.365 e. The lowest BCUT2D eigenvalue weighted by molar-refractivity contribution is 0.0515. The Morgan fingerprint density at radius 3 is 1.93 bits per heavy atom. The maximum absolute atomic E-state index is 12.4. The topological polar surface area (TPSA) is 55.7 Å². The van der Waals surface area contributed by atoms with Crippen LogP contribution in [0, 0.1) is 0 Å². The number of benzene rings is 3. The van der Waals surface area contributed by atoms with Crippen LogP contribution >= 0.6 is 11.8 Å². The summed E-state index contributed by atoms with van der Waals surface area (Å²) in [5.41, 5.74) is 0.982. The SMILES string of the molecule is C/C(=N\OC(=O)c1ccccc1)C(=O)c1ccc(Sc2ccccc2)cc1. The van der Waals surface area contributed by atoms with Gasteiger partial charge in [-0.25, -0.2) is 4.79 Å². The molecule has 4 nitrogen and oxygen atoms in total. The molecule has 0 aromatic heterocycles. The van der Waals surface area contributed by atoms with E-state index in [-0.39, 0.29) is 11.5 Å². The minimum absolute atomic E-state index is 0.114. The van der Waals surface area contributed by atoms with Crippen molar-refractivity contribution in [1.82, 2.24) is 0 Å². The fourth-order valence-electron chi connectivity index (χ4n) is 2.29. The Morgan fingerprint density at radius 1 is 0.741 bits per heavy atom. The van der Waals surface area contributed by atoms with Crippen molar-refractivity contribution in [2.45, 2.75) is 16.7 Å². The summed E-state index contributed by atoms with van der Waals surface area (Å²) >= 11 is 1.62. The Bertz CT molecular complexity index is 952. The van der Waals surface area contributed by atoms with Gasteiger partial charge in [0.1, 0.15) is 5.71 Å². The number of hydrogen-bond acceptors (Lipinski definition) is 5. The highest BCUT2D eigenvalue weighted by Gasteiger charge is 2.12. The van der Waals surface area contributed by atoms with E-state index in [1.54, 1.807) is 54.2 Å². The van der Waals surface area contributed by atoms with Crippen LogP contribution in [0.25, 0.3) is 0 Å². The molecule has 0 atom stereocenters. The van der Waals surface area contributed by atoms with E-state index in [0.29, 0.717) is 11.1 Å². The zero-order valence-electron chi connectivity index (χ0n) is 14.7. The van der Waals surface area contributed by atoms with Gasteiger partial charge < -0.3 is 4.84 Å². The Hall–Kier alpha value is -3.18. The van der Waals surface area contributed by atoms with Gasteiger partial charge in [-0.15, -0.1) is 0 Å². The van der Waals surface area contributed by atoms with E-state index in [1.807, 2.05) is 42.5 Å². The van der Waals surface area contributed by atoms with E-state index in [0.717, 1.165) is 9.79 Å². The standard InChI is InChI=1S/C22H17NO3S/c1-16(23-26-22(25)18-8-4-2-5-9-18)21(24)17-12-14-20(15-13-17)27-19-10-6-3-7-11-19/h2-15H,1H3/b23-16+. The van der Waals surface area contributed by atoms with Crippen molar-refractivity contribution in [2.75, 3.05) is 0 Å². The highest BCUT2D eigenvalue weighted by Crippen LogP contribution is 2.27. The molecule has 134 valence electrons.